The van der Waals surface area contributed by atoms with Gasteiger partial charge in [0.25, 0.3) is 0 Å². The number of piperidine rings is 1. The Morgan fingerprint density at radius 2 is 1.80 bits per heavy atom. The number of hydrogen-bond donors (Lipinski definition) is 1. The molecule has 0 saturated carbocycles. The largest absolute Gasteiger partial charge is 0.339 e. The van der Waals surface area contributed by atoms with Crippen LogP contribution in [0, 0.1) is 0 Å². The number of hydrogen-bond acceptors (Lipinski definition) is 5. The summed E-state index contributed by atoms with van der Waals surface area (Å²) in [5.74, 6) is 1.34. The van der Waals surface area contributed by atoms with E-state index >= 15 is 0 Å². The second-order valence-corrected chi connectivity index (χ2v) is 7.87. The third-order valence-electron chi connectivity index (χ3n) is 5.91. The lowest BCUT2D eigenvalue weighted by Gasteiger charge is -2.32. The monoisotopic (exact) mass is 403 g/mol. The lowest BCUT2D eigenvalue weighted by Crippen LogP contribution is -2.37. The van der Waals surface area contributed by atoms with Gasteiger partial charge in [-0.2, -0.15) is 4.98 Å². The first-order chi connectivity index (χ1) is 14.8. The number of fused-ring (bicyclic) bond motifs is 1. The van der Waals surface area contributed by atoms with Crippen molar-refractivity contribution in [1.29, 1.82) is 0 Å². The predicted octanol–water partition coefficient (Wildman–Crippen LogP) is 3.65. The Labute approximate surface area is 174 Å². The van der Waals surface area contributed by atoms with E-state index in [2.05, 4.69) is 20.0 Å². The number of H-pyrrole nitrogens is 1. The summed E-state index contributed by atoms with van der Waals surface area (Å²) in [5.41, 5.74) is 2.90. The number of rotatable bonds is 6. The number of nitrogens with one attached hydrogen (secondary N) is 1. The molecule has 0 spiro atoms. The van der Waals surface area contributed by atoms with E-state index in [9.17, 15) is 4.79 Å². The maximum Gasteiger partial charge on any atom is 0.326 e. The summed E-state index contributed by atoms with van der Waals surface area (Å²) in [6.45, 7) is 2.99. The molecule has 0 amide bonds. The van der Waals surface area contributed by atoms with E-state index in [0.29, 0.717) is 11.7 Å². The van der Waals surface area contributed by atoms with Gasteiger partial charge in [0, 0.05) is 31.1 Å². The van der Waals surface area contributed by atoms with Crippen LogP contribution in [0.3, 0.4) is 0 Å². The van der Waals surface area contributed by atoms with Crippen molar-refractivity contribution in [2.75, 3.05) is 19.6 Å². The fourth-order valence-electron chi connectivity index (χ4n) is 4.35. The van der Waals surface area contributed by atoms with Gasteiger partial charge < -0.3 is 14.4 Å². The van der Waals surface area contributed by atoms with Gasteiger partial charge in [-0.15, -0.1) is 0 Å². The second-order valence-electron chi connectivity index (χ2n) is 7.87. The maximum absolute atomic E-state index is 12.4. The summed E-state index contributed by atoms with van der Waals surface area (Å²) in [6.07, 6.45) is 3.73. The third kappa shape index (κ3) is 3.80. The van der Waals surface area contributed by atoms with Crippen molar-refractivity contribution < 1.29 is 4.52 Å². The van der Waals surface area contributed by atoms with Crippen LogP contribution in [0.25, 0.3) is 22.4 Å². The van der Waals surface area contributed by atoms with Crippen LogP contribution in [0.2, 0.25) is 0 Å². The van der Waals surface area contributed by atoms with E-state index in [1.807, 2.05) is 59.2 Å². The number of imidazole rings is 1. The summed E-state index contributed by atoms with van der Waals surface area (Å²) < 4.78 is 7.35. The van der Waals surface area contributed by atoms with Crippen molar-refractivity contribution in [1.82, 2.24) is 24.6 Å². The van der Waals surface area contributed by atoms with Gasteiger partial charge in [0.15, 0.2) is 0 Å². The number of aromatic nitrogens is 4. The average molecular weight is 403 g/mol. The lowest BCUT2D eigenvalue weighted by atomic mass is 10.0. The first-order valence-electron chi connectivity index (χ1n) is 10.6. The summed E-state index contributed by atoms with van der Waals surface area (Å²) in [5, 5.41) is 4.09. The fourth-order valence-corrected chi connectivity index (χ4v) is 4.35. The second kappa shape index (κ2) is 8.28. The van der Waals surface area contributed by atoms with Crippen molar-refractivity contribution in [2.45, 2.75) is 31.7 Å². The Bertz CT molecular complexity index is 1170. The third-order valence-corrected chi connectivity index (χ3v) is 5.91. The van der Waals surface area contributed by atoms with Crippen molar-refractivity contribution in [3.63, 3.8) is 0 Å². The van der Waals surface area contributed by atoms with Gasteiger partial charge in [0.05, 0.1) is 11.0 Å². The van der Waals surface area contributed by atoms with Crippen molar-refractivity contribution in [3.05, 3.63) is 71.0 Å². The Kier molecular flexibility index (Phi) is 5.19. The zero-order valence-corrected chi connectivity index (χ0v) is 16.8. The predicted molar refractivity (Wildman–Crippen MR) is 115 cm³/mol. The molecule has 0 bridgehead atoms. The number of para-hydroxylation sites is 2. The molecule has 0 atom stereocenters. The van der Waals surface area contributed by atoms with Crippen LogP contribution in [0.1, 0.15) is 31.2 Å². The van der Waals surface area contributed by atoms with E-state index in [4.69, 9.17) is 4.52 Å². The SMILES string of the molecule is O=c1[nH]c2ccccc2n1C1CCN(CCCc2nc(-c3ccccc3)no2)CC1. The normalized spacial score (nSPS) is 15.7. The van der Waals surface area contributed by atoms with Crippen LogP contribution in [-0.4, -0.2) is 44.2 Å². The molecule has 5 rings (SSSR count). The molecule has 2 aromatic carbocycles. The Morgan fingerprint density at radius 1 is 1.03 bits per heavy atom. The Morgan fingerprint density at radius 3 is 2.63 bits per heavy atom. The summed E-state index contributed by atoms with van der Waals surface area (Å²) in [7, 11) is 0. The van der Waals surface area contributed by atoms with Gasteiger partial charge in [-0.3, -0.25) is 4.57 Å². The molecule has 7 nitrogen and oxygen atoms in total. The van der Waals surface area contributed by atoms with Gasteiger partial charge in [-0.25, -0.2) is 4.79 Å². The summed E-state index contributed by atoms with van der Waals surface area (Å²) in [4.78, 5) is 22.4. The first kappa shape index (κ1) is 18.8. The molecule has 4 aromatic rings. The van der Waals surface area contributed by atoms with E-state index in [-0.39, 0.29) is 11.7 Å². The molecule has 1 N–H and O–H groups in total. The molecule has 154 valence electrons. The van der Waals surface area contributed by atoms with Crippen LogP contribution < -0.4 is 5.69 Å². The molecule has 0 unspecified atom stereocenters. The molecule has 2 aromatic heterocycles. The van der Waals surface area contributed by atoms with Crippen molar-refractivity contribution >= 4 is 11.0 Å². The zero-order valence-electron chi connectivity index (χ0n) is 16.8. The minimum Gasteiger partial charge on any atom is -0.339 e. The maximum atomic E-state index is 12.4. The highest BCUT2D eigenvalue weighted by Gasteiger charge is 2.23. The first-order valence-corrected chi connectivity index (χ1v) is 10.6. The smallest absolute Gasteiger partial charge is 0.326 e. The number of aryl methyl sites for hydroxylation is 1. The average Bonchev–Trinajstić information content (AvgIpc) is 3.39. The van der Waals surface area contributed by atoms with Crippen molar-refractivity contribution in [3.8, 4) is 11.4 Å². The van der Waals surface area contributed by atoms with E-state index in [1.165, 1.54) is 0 Å². The van der Waals surface area contributed by atoms with E-state index in [0.717, 1.165) is 61.9 Å². The van der Waals surface area contributed by atoms with Crippen LogP contribution >= 0.6 is 0 Å². The number of nitrogens with zero attached hydrogens (tertiary/aromatic N) is 4. The number of benzene rings is 2. The van der Waals surface area contributed by atoms with Crippen LogP contribution in [0.4, 0.5) is 0 Å². The molecular weight excluding hydrogens is 378 g/mol. The van der Waals surface area contributed by atoms with E-state index in [1.54, 1.807) is 0 Å². The van der Waals surface area contributed by atoms with Crippen LogP contribution in [0.5, 0.6) is 0 Å². The molecule has 1 fully saturated rings. The van der Waals surface area contributed by atoms with Crippen molar-refractivity contribution in [2.24, 2.45) is 0 Å². The summed E-state index contributed by atoms with van der Waals surface area (Å²) >= 11 is 0. The molecule has 0 aliphatic carbocycles. The molecule has 3 heterocycles. The lowest BCUT2D eigenvalue weighted by molar-refractivity contribution is 0.183. The molecule has 1 saturated heterocycles. The van der Waals surface area contributed by atoms with Gasteiger partial charge >= 0.3 is 5.69 Å². The zero-order chi connectivity index (χ0) is 20.3. The fraction of sp³-hybridized carbons (Fsp3) is 0.348. The quantitative estimate of drug-likeness (QED) is 0.532. The Hall–Kier alpha value is -3.19. The van der Waals surface area contributed by atoms with Gasteiger partial charge in [0.2, 0.25) is 11.7 Å². The Balaban J connectivity index is 1.13. The van der Waals surface area contributed by atoms with Crippen LogP contribution in [-0.2, 0) is 6.42 Å². The van der Waals surface area contributed by atoms with Gasteiger partial charge in [-0.1, -0.05) is 47.6 Å². The molecule has 30 heavy (non-hydrogen) atoms. The van der Waals surface area contributed by atoms with E-state index < -0.39 is 0 Å². The molecule has 0 radical (unpaired) electrons. The standard InChI is InChI=1S/C23H25N5O2/c29-23-24-19-9-4-5-10-20(19)28(23)18-12-15-27(16-13-18)14-6-11-21-25-22(26-30-21)17-7-2-1-3-8-17/h1-5,7-10,18H,6,11-16H2,(H,24,29). The molecule has 7 heteroatoms. The van der Waals surface area contributed by atoms with Gasteiger partial charge in [-0.05, 0) is 37.9 Å². The molecular formula is C23H25N5O2. The highest BCUT2D eigenvalue weighted by atomic mass is 16.5. The van der Waals surface area contributed by atoms with Crippen LogP contribution in [0.15, 0.2) is 63.9 Å². The summed E-state index contributed by atoms with van der Waals surface area (Å²) in [6, 6.07) is 18.1. The highest BCUT2D eigenvalue weighted by molar-refractivity contribution is 5.75. The minimum atomic E-state index is 0.000244. The van der Waals surface area contributed by atoms with Gasteiger partial charge in [0.1, 0.15) is 0 Å². The minimum absolute atomic E-state index is 0.000244. The molecule has 1 aliphatic rings. The number of likely N-dealkylation sites (tertiary alicyclic amines) is 1. The molecule has 1 aliphatic heterocycles. The number of aromatic amines is 1. The highest BCUT2D eigenvalue weighted by Crippen LogP contribution is 2.25. The topological polar surface area (TPSA) is 80.0 Å².